The Morgan fingerprint density at radius 2 is 1.90 bits per heavy atom. The Hall–Kier alpha value is -2.20. The highest BCUT2D eigenvalue weighted by Crippen LogP contribution is 2.26. The fourth-order valence-corrected chi connectivity index (χ4v) is 2.14. The van der Waals surface area contributed by atoms with Crippen LogP contribution in [0.5, 0.6) is 11.5 Å². The SMILES string of the molecule is Oc1ccc(OCc2ccc3ccccc3n2)cc1S. The molecule has 3 rings (SSSR count). The molecule has 1 N–H and O–H groups in total. The first kappa shape index (κ1) is 12.8. The van der Waals surface area contributed by atoms with Crippen LogP contribution in [-0.2, 0) is 6.61 Å². The molecule has 3 aromatic rings. The Labute approximate surface area is 122 Å². The predicted molar refractivity (Wildman–Crippen MR) is 81.4 cm³/mol. The Kier molecular flexibility index (Phi) is 3.48. The minimum Gasteiger partial charge on any atom is -0.507 e. The Balaban J connectivity index is 1.77. The van der Waals surface area contributed by atoms with Gasteiger partial charge in [-0.05, 0) is 30.3 Å². The second-order valence-electron chi connectivity index (χ2n) is 4.43. The van der Waals surface area contributed by atoms with Gasteiger partial charge in [-0.15, -0.1) is 12.6 Å². The van der Waals surface area contributed by atoms with Crippen LogP contribution in [0.25, 0.3) is 10.9 Å². The van der Waals surface area contributed by atoms with Crippen molar-refractivity contribution in [2.24, 2.45) is 0 Å². The molecule has 0 aliphatic heterocycles. The molecule has 0 spiro atoms. The number of phenolic OH excluding ortho intramolecular Hbond substituents is 1. The highest BCUT2D eigenvalue weighted by Gasteiger charge is 2.02. The van der Waals surface area contributed by atoms with Gasteiger partial charge >= 0.3 is 0 Å². The topological polar surface area (TPSA) is 42.4 Å². The summed E-state index contributed by atoms with van der Waals surface area (Å²) in [7, 11) is 0. The highest BCUT2D eigenvalue weighted by molar-refractivity contribution is 7.80. The van der Waals surface area contributed by atoms with Crippen LogP contribution < -0.4 is 4.74 Å². The Morgan fingerprint density at radius 3 is 2.75 bits per heavy atom. The third kappa shape index (κ3) is 2.70. The normalized spacial score (nSPS) is 10.7. The number of ether oxygens (including phenoxy) is 1. The first-order valence-electron chi connectivity index (χ1n) is 6.22. The predicted octanol–water partition coefficient (Wildman–Crippen LogP) is 3.81. The number of benzene rings is 2. The number of pyridine rings is 1. The van der Waals surface area contributed by atoms with Gasteiger partial charge in [0.05, 0.1) is 11.2 Å². The largest absolute Gasteiger partial charge is 0.507 e. The van der Waals surface area contributed by atoms with E-state index in [-0.39, 0.29) is 5.75 Å². The number of aromatic nitrogens is 1. The van der Waals surface area contributed by atoms with Gasteiger partial charge in [-0.25, -0.2) is 4.98 Å². The number of nitrogens with zero attached hydrogens (tertiary/aromatic N) is 1. The minimum atomic E-state index is 0.143. The summed E-state index contributed by atoms with van der Waals surface area (Å²) in [6.45, 7) is 0.378. The second-order valence-corrected chi connectivity index (χ2v) is 4.92. The van der Waals surface area contributed by atoms with Crippen molar-refractivity contribution in [1.82, 2.24) is 4.98 Å². The maximum atomic E-state index is 9.40. The molecule has 20 heavy (non-hydrogen) atoms. The number of phenols is 1. The Bertz CT molecular complexity index is 758. The quantitative estimate of drug-likeness (QED) is 0.718. The lowest BCUT2D eigenvalue weighted by Crippen LogP contribution is -1.98. The van der Waals surface area contributed by atoms with Crippen molar-refractivity contribution in [2.45, 2.75) is 11.5 Å². The summed E-state index contributed by atoms with van der Waals surface area (Å²) in [5.41, 5.74) is 1.81. The summed E-state index contributed by atoms with van der Waals surface area (Å²) in [5.74, 6) is 0.798. The van der Waals surface area contributed by atoms with Crippen LogP contribution in [0.3, 0.4) is 0 Å². The van der Waals surface area contributed by atoms with Gasteiger partial charge in [-0.3, -0.25) is 0 Å². The summed E-state index contributed by atoms with van der Waals surface area (Å²) in [4.78, 5) is 5.03. The van der Waals surface area contributed by atoms with Crippen LogP contribution in [-0.4, -0.2) is 10.1 Å². The molecule has 1 heterocycles. The molecule has 2 aromatic carbocycles. The van der Waals surface area contributed by atoms with Crippen LogP contribution in [0.15, 0.2) is 59.5 Å². The number of rotatable bonds is 3. The lowest BCUT2D eigenvalue weighted by molar-refractivity contribution is 0.300. The maximum Gasteiger partial charge on any atom is 0.130 e. The molecular formula is C16H13NO2S. The van der Waals surface area contributed by atoms with Gasteiger partial charge in [0, 0.05) is 10.3 Å². The number of hydrogen-bond acceptors (Lipinski definition) is 4. The zero-order valence-electron chi connectivity index (χ0n) is 10.7. The first-order valence-corrected chi connectivity index (χ1v) is 6.66. The summed E-state index contributed by atoms with van der Waals surface area (Å²) < 4.78 is 5.65. The molecule has 100 valence electrons. The van der Waals surface area contributed by atoms with Crippen molar-refractivity contribution in [2.75, 3.05) is 0 Å². The first-order chi connectivity index (χ1) is 9.72. The molecule has 0 aliphatic carbocycles. The molecule has 3 nitrogen and oxygen atoms in total. The molecule has 0 saturated carbocycles. The lowest BCUT2D eigenvalue weighted by Gasteiger charge is -2.07. The smallest absolute Gasteiger partial charge is 0.130 e. The van der Waals surface area contributed by atoms with Crippen LogP contribution in [0.2, 0.25) is 0 Å². The van der Waals surface area contributed by atoms with Crippen molar-refractivity contribution in [3.63, 3.8) is 0 Å². The summed E-state index contributed by atoms with van der Waals surface area (Å²) >= 11 is 4.15. The van der Waals surface area contributed by atoms with Crippen molar-refractivity contribution < 1.29 is 9.84 Å². The molecule has 0 aliphatic rings. The van der Waals surface area contributed by atoms with E-state index < -0.39 is 0 Å². The van der Waals surface area contributed by atoms with E-state index in [4.69, 9.17) is 4.74 Å². The van der Waals surface area contributed by atoms with Gasteiger partial charge in [-0.2, -0.15) is 0 Å². The fourth-order valence-electron chi connectivity index (χ4n) is 1.94. The Morgan fingerprint density at radius 1 is 1.05 bits per heavy atom. The molecule has 0 atom stereocenters. The van der Waals surface area contributed by atoms with Crippen molar-refractivity contribution in [1.29, 1.82) is 0 Å². The van der Waals surface area contributed by atoms with E-state index in [1.165, 1.54) is 0 Å². The minimum absolute atomic E-state index is 0.143. The monoisotopic (exact) mass is 283 g/mol. The zero-order chi connectivity index (χ0) is 13.9. The molecule has 0 radical (unpaired) electrons. The van der Waals surface area contributed by atoms with Gasteiger partial charge in [0.2, 0.25) is 0 Å². The molecule has 0 unspecified atom stereocenters. The molecule has 0 amide bonds. The van der Waals surface area contributed by atoms with Crippen molar-refractivity contribution in [3.05, 3.63) is 60.3 Å². The van der Waals surface area contributed by atoms with Gasteiger partial charge < -0.3 is 9.84 Å². The molecule has 0 fully saturated rings. The summed E-state index contributed by atoms with van der Waals surface area (Å²) in [5, 5.41) is 10.5. The van der Waals surface area contributed by atoms with Crippen LogP contribution in [0.4, 0.5) is 0 Å². The third-order valence-corrected chi connectivity index (χ3v) is 3.35. The van der Waals surface area contributed by atoms with E-state index in [2.05, 4.69) is 17.6 Å². The molecule has 0 saturated heterocycles. The maximum absolute atomic E-state index is 9.40. The number of thiol groups is 1. The number of para-hydroxylation sites is 1. The third-order valence-electron chi connectivity index (χ3n) is 2.99. The lowest BCUT2D eigenvalue weighted by atomic mass is 10.2. The molecular weight excluding hydrogens is 270 g/mol. The van der Waals surface area contributed by atoms with Gasteiger partial charge in [0.15, 0.2) is 0 Å². The van der Waals surface area contributed by atoms with E-state index in [0.717, 1.165) is 16.6 Å². The van der Waals surface area contributed by atoms with Gasteiger partial charge in [-0.1, -0.05) is 24.3 Å². The van der Waals surface area contributed by atoms with Crippen molar-refractivity contribution >= 4 is 23.5 Å². The molecule has 0 bridgehead atoms. The van der Waals surface area contributed by atoms with E-state index in [0.29, 0.717) is 17.3 Å². The fraction of sp³-hybridized carbons (Fsp3) is 0.0625. The van der Waals surface area contributed by atoms with E-state index in [9.17, 15) is 5.11 Å². The van der Waals surface area contributed by atoms with Crippen LogP contribution >= 0.6 is 12.6 Å². The highest BCUT2D eigenvalue weighted by atomic mass is 32.1. The summed E-state index contributed by atoms with van der Waals surface area (Å²) in [6.07, 6.45) is 0. The summed E-state index contributed by atoms with van der Waals surface area (Å²) in [6, 6.07) is 16.9. The standard InChI is InChI=1S/C16H13NO2S/c18-15-8-7-13(9-16(15)20)19-10-12-6-5-11-3-1-2-4-14(11)17-12/h1-9,18,20H,10H2. The second kappa shape index (κ2) is 5.43. The van der Waals surface area contributed by atoms with E-state index in [1.54, 1.807) is 18.2 Å². The van der Waals surface area contributed by atoms with Gasteiger partial charge in [0.1, 0.15) is 18.1 Å². The number of hydrogen-bond donors (Lipinski definition) is 2. The van der Waals surface area contributed by atoms with E-state index in [1.807, 2.05) is 36.4 Å². The van der Waals surface area contributed by atoms with Crippen LogP contribution in [0.1, 0.15) is 5.69 Å². The number of fused-ring (bicyclic) bond motifs is 1. The van der Waals surface area contributed by atoms with Gasteiger partial charge in [0.25, 0.3) is 0 Å². The molecule has 1 aromatic heterocycles. The zero-order valence-corrected chi connectivity index (χ0v) is 11.5. The molecule has 4 heteroatoms. The average molecular weight is 283 g/mol. The van der Waals surface area contributed by atoms with Crippen LogP contribution in [0, 0.1) is 0 Å². The van der Waals surface area contributed by atoms with E-state index >= 15 is 0 Å². The number of aromatic hydroxyl groups is 1. The average Bonchev–Trinajstić information content (AvgIpc) is 2.48. The van der Waals surface area contributed by atoms with Crippen molar-refractivity contribution in [3.8, 4) is 11.5 Å².